The van der Waals surface area contributed by atoms with Gasteiger partial charge in [-0.3, -0.25) is 10.1 Å². The number of benzene rings is 2. The maximum Gasteiger partial charge on any atom is 0.271 e. The summed E-state index contributed by atoms with van der Waals surface area (Å²) in [6.45, 7) is 0. The van der Waals surface area contributed by atoms with Gasteiger partial charge in [-0.1, -0.05) is 11.6 Å². The van der Waals surface area contributed by atoms with Crippen LogP contribution in [-0.4, -0.2) is 4.92 Å². The van der Waals surface area contributed by atoms with Gasteiger partial charge in [0.25, 0.3) is 5.69 Å². The van der Waals surface area contributed by atoms with Crippen molar-refractivity contribution >= 4 is 33.2 Å². The van der Waals surface area contributed by atoms with Crippen LogP contribution in [0.3, 0.4) is 0 Å². The third-order valence-corrected chi connectivity index (χ3v) is 3.32. The van der Waals surface area contributed by atoms with Crippen molar-refractivity contribution in [2.24, 2.45) is 0 Å². The molecular weight excluding hydrogens is 348 g/mol. The Morgan fingerprint density at radius 2 is 1.95 bits per heavy atom. The molecule has 0 radical (unpaired) electrons. The highest BCUT2D eigenvalue weighted by Crippen LogP contribution is 2.35. The van der Waals surface area contributed by atoms with Crippen molar-refractivity contribution in [1.82, 2.24) is 0 Å². The number of nitro groups is 1. The maximum absolute atomic E-state index is 10.6. The lowest BCUT2D eigenvalue weighted by Gasteiger charge is -2.09. The molecule has 0 atom stereocenters. The highest BCUT2D eigenvalue weighted by molar-refractivity contribution is 9.10. The zero-order chi connectivity index (χ0) is 14.7. The Bertz CT molecular complexity index is 728. The Kier molecular flexibility index (Phi) is 4.23. The summed E-state index contributed by atoms with van der Waals surface area (Å²) in [6, 6.07) is 10.8. The first kappa shape index (κ1) is 14.3. The first-order valence-corrected chi connectivity index (χ1v) is 6.50. The number of rotatable bonds is 3. The number of halogens is 2. The monoisotopic (exact) mass is 352 g/mol. The van der Waals surface area contributed by atoms with Crippen molar-refractivity contribution in [1.29, 1.82) is 5.26 Å². The summed E-state index contributed by atoms with van der Waals surface area (Å²) >= 11 is 9.22. The minimum Gasteiger partial charge on any atom is -0.455 e. The van der Waals surface area contributed by atoms with Crippen LogP contribution in [0.4, 0.5) is 5.69 Å². The third-order valence-electron chi connectivity index (χ3n) is 2.41. The first-order valence-electron chi connectivity index (χ1n) is 5.32. The van der Waals surface area contributed by atoms with E-state index >= 15 is 0 Å². The molecule has 2 aromatic carbocycles. The second-order valence-corrected chi connectivity index (χ2v) is 4.99. The SMILES string of the molecule is N#Cc1ccc(Oc2ccc([N+](=O)[O-])cc2Cl)c(Br)c1. The number of nitriles is 1. The Morgan fingerprint density at radius 3 is 2.50 bits per heavy atom. The maximum atomic E-state index is 10.6. The Morgan fingerprint density at radius 1 is 1.25 bits per heavy atom. The summed E-state index contributed by atoms with van der Waals surface area (Å²) < 4.78 is 6.15. The number of nitrogens with zero attached hydrogens (tertiary/aromatic N) is 2. The molecule has 0 saturated carbocycles. The molecule has 0 aliphatic heterocycles. The lowest BCUT2D eigenvalue weighted by Crippen LogP contribution is -1.91. The Balaban J connectivity index is 2.31. The van der Waals surface area contributed by atoms with Crippen molar-refractivity contribution in [2.75, 3.05) is 0 Å². The smallest absolute Gasteiger partial charge is 0.271 e. The van der Waals surface area contributed by atoms with Gasteiger partial charge in [-0.2, -0.15) is 5.26 Å². The molecule has 0 spiro atoms. The van der Waals surface area contributed by atoms with Crippen LogP contribution >= 0.6 is 27.5 Å². The molecule has 2 rings (SSSR count). The van der Waals surface area contributed by atoms with Crippen LogP contribution < -0.4 is 4.74 Å². The summed E-state index contributed by atoms with van der Waals surface area (Å²) in [5.74, 6) is 0.752. The summed E-state index contributed by atoms with van der Waals surface area (Å²) in [7, 11) is 0. The minimum atomic E-state index is -0.534. The zero-order valence-corrected chi connectivity index (χ0v) is 12.2. The van der Waals surface area contributed by atoms with Gasteiger partial charge in [0.15, 0.2) is 0 Å². The number of non-ortho nitro benzene ring substituents is 1. The van der Waals surface area contributed by atoms with Gasteiger partial charge in [-0.05, 0) is 40.2 Å². The van der Waals surface area contributed by atoms with E-state index in [9.17, 15) is 10.1 Å². The van der Waals surface area contributed by atoms with E-state index in [0.29, 0.717) is 21.5 Å². The average Bonchev–Trinajstić information content (AvgIpc) is 2.42. The van der Waals surface area contributed by atoms with E-state index in [1.807, 2.05) is 6.07 Å². The largest absolute Gasteiger partial charge is 0.455 e. The van der Waals surface area contributed by atoms with E-state index < -0.39 is 4.92 Å². The molecule has 0 aliphatic rings. The predicted octanol–water partition coefficient (Wildman–Crippen LogP) is 4.67. The average molecular weight is 354 g/mol. The lowest BCUT2D eigenvalue weighted by molar-refractivity contribution is -0.384. The molecule has 20 heavy (non-hydrogen) atoms. The fourth-order valence-corrected chi connectivity index (χ4v) is 2.13. The van der Waals surface area contributed by atoms with E-state index in [1.54, 1.807) is 18.2 Å². The van der Waals surface area contributed by atoms with Crippen LogP contribution in [0.5, 0.6) is 11.5 Å². The molecule has 5 nitrogen and oxygen atoms in total. The van der Waals surface area contributed by atoms with Crippen LogP contribution in [-0.2, 0) is 0 Å². The Labute approximate surface area is 127 Å². The molecule has 0 N–H and O–H groups in total. The normalized spacial score (nSPS) is 9.85. The van der Waals surface area contributed by atoms with Gasteiger partial charge >= 0.3 is 0 Å². The summed E-state index contributed by atoms with van der Waals surface area (Å²) in [5, 5.41) is 19.5. The number of hydrogen-bond donors (Lipinski definition) is 0. The molecule has 0 heterocycles. The molecule has 0 bridgehead atoms. The molecule has 0 fully saturated rings. The summed E-state index contributed by atoms with van der Waals surface area (Å²) in [5.41, 5.74) is 0.375. The van der Waals surface area contributed by atoms with Crippen molar-refractivity contribution in [2.45, 2.75) is 0 Å². The first-order chi connectivity index (χ1) is 9.51. The van der Waals surface area contributed by atoms with Gasteiger partial charge in [0.1, 0.15) is 11.5 Å². The minimum absolute atomic E-state index is 0.110. The third kappa shape index (κ3) is 3.07. The second kappa shape index (κ2) is 5.90. The standard InChI is InChI=1S/C13H6BrClN2O3/c14-10-5-8(7-16)1-3-12(10)20-13-4-2-9(17(18)19)6-11(13)15/h1-6H. The molecule has 100 valence electrons. The van der Waals surface area contributed by atoms with Crippen LogP contribution in [0.1, 0.15) is 5.56 Å². The zero-order valence-electron chi connectivity index (χ0n) is 9.84. The number of hydrogen-bond acceptors (Lipinski definition) is 4. The highest BCUT2D eigenvalue weighted by atomic mass is 79.9. The Hall–Kier alpha value is -2.10. The quantitative estimate of drug-likeness (QED) is 0.593. The van der Waals surface area contributed by atoms with E-state index in [4.69, 9.17) is 21.6 Å². The molecule has 0 unspecified atom stereocenters. The predicted molar refractivity (Wildman–Crippen MR) is 77.0 cm³/mol. The van der Waals surface area contributed by atoms with Crippen molar-refractivity contribution < 1.29 is 9.66 Å². The van der Waals surface area contributed by atoms with Crippen molar-refractivity contribution in [3.63, 3.8) is 0 Å². The van der Waals surface area contributed by atoms with E-state index in [1.165, 1.54) is 18.2 Å². The van der Waals surface area contributed by atoms with Gasteiger partial charge in [-0.25, -0.2) is 0 Å². The second-order valence-electron chi connectivity index (χ2n) is 3.73. The number of nitro benzene ring substituents is 1. The van der Waals surface area contributed by atoms with Gasteiger partial charge in [-0.15, -0.1) is 0 Å². The van der Waals surface area contributed by atoms with Crippen LogP contribution in [0.2, 0.25) is 5.02 Å². The molecule has 0 saturated heterocycles. The van der Waals surface area contributed by atoms with Gasteiger partial charge in [0, 0.05) is 12.1 Å². The van der Waals surface area contributed by atoms with Gasteiger partial charge in [0.05, 0.1) is 26.1 Å². The summed E-state index contributed by atoms with van der Waals surface area (Å²) in [4.78, 5) is 10.1. The van der Waals surface area contributed by atoms with E-state index in [2.05, 4.69) is 15.9 Å². The van der Waals surface area contributed by atoms with E-state index in [0.717, 1.165) is 0 Å². The van der Waals surface area contributed by atoms with Crippen molar-refractivity contribution in [3.8, 4) is 17.6 Å². The molecule has 2 aromatic rings. The molecule has 7 heteroatoms. The van der Waals surface area contributed by atoms with Crippen LogP contribution in [0.15, 0.2) is 40.9 Å². The highest BCUT2D eigenvalue weighted by Gasteiger charge is 2.12. The number of ether oxygens (including phenoxy) is 1. The van der Waals surface area contributed by atoms with Crippen LogP contribution in [0.25, 0.3) is 0 Å². The molecule has 0 aliphatic carbocycles. The van der Waals surface area contributed by atoms with Crippen LogP contribution in [0, 0.1) is 21.4 Å². The fourth-order valence-electron chi connectivity index (χ4n) is 1.46. The molecular formula is C13H6BrClN2O3. The fraction of sp³-hybridized carbons (Fsp3) is 0. The molecule has 0 aromatic heterocycles. The summed E-state index contributed by atoms with van der Waals surface area (Å²) in [6.07, 6.45) is 0. The van der Waals surface area contributed by atoms with Crippen molar-refractivity contribution in [3.05, 3.63) is 61.6 Å². The lowest BCUT2D eigenvalue weighted by atomic mass is 10.2. The molecule has 0 amide bonds. The van der Waals surface area contributed by atoms with E-state index in [-0.39, 0.29) is 10.7 Å². The topological polar surface area (TPSA) is 76.2 Å². The van der Waals surface area contributed by atoms with Gasteiger partial charge in [0.2, 0.25) is 0 Å². The van der Waals surface area contributed by atoms with Gasteiger partial charge < -0.3 is 4.74 Å².